The van der Waals surface area contributed by atoms with Crippen molar-refractivity contribution in [3.63, 3.8) is 0 Å². The van der Waals surface area contributed by atoms with E-state index in [4.69, 9.17) is 10.8 Å². The molecule has 0 aliphatic rings. The maximum absolute atomic E-state index is 11.9. The Morgan fingerprint density at radius 2 is 1.67 bits per heavy atom. The van der Waals surface area contributed by atoms with Gasteiger partial charge in [0.2, 0.25) is 5.91 Å². The molecule has 5 nitrogen and oxygen atoms in total. The van der Waals surface area contributed by atoms with Gasteiger partial charge >= 0.3 is 5.97 Å². The summed E-state index contributed by atoms with van der Waals surface area (Å²) < 4.78 is 0. The van der Waals surface area contributed by atoms with Crippen LogP contribution in [0.25, 0.3) is 0 Å². The Labute approximate surface area is 90.2 Å². The minimum absolute atomic E-state index is 0.186. The van der Waals surface area contributed by atoms with Gasteiger partial charge in [-0.3, -0.25) is 4.79 Å². The molecule has 0 aliphatic carbocycles. The van der Waals surface area contributed by atoms with Crippen molar-refractivity contribution in [2.45, 2.75) is 33.2 Å². The lowest BCUT2D eigenvalue weighted by molar-refractivity contribution is -0.158. The van der Waals surface area contributed by atoms with Crippen LogP contribution in [0.15, 0.2) is 0 Å². The first-order chi connectivity index (χ1) is 6.57. The molecule has 0 aromatic heterocycles. The van der Waals surface area contributed by atoms with E-state index in [0.29, 0.717) is 0 Å². The molecule has 3 N–H and O–H groups in total. The van der Waals surface area contributed by atoms with Crippen molar-refractivity contribution in [3.05, 3.63) is 0 Å². The largest absolute Gasteiger partial charge is 0.480 e. The molecule has 0 saturated heterocycles. The highest BCUT2D eigenvalue weighted by Gasteiger charge is 2.40. The fraction of sp³-hybridized carbons (Fsp3) is 0.800. The van der Waals surface area contributed by atoms with Crippen molar-refractivity contribution in [2.75, 3.05) is 13.6 Å². The summed E-state index contributed by atoms with van der Waals surface area (Å²) in [6.07, 6.45) is 0. The summed E-state index contributed by atoms with van der Waals surface area (Å²) in [5.41, 5.74) is 3.52. The van der Waals surface area contributed by atoms with Crippen LogP contribution in [-0.4, -0.2) is 41.0 Å². The molecule has 0 unspecified atom stereocenters. The molecule has 0 saturated carbocycles. The molecule has 0 aromatic carbocycles. The van der Waals surface area contributed by atoms with E-state index in [2.05, 4.69) is 0 Å². The second kappa shape index (κ2) is 4.18. The van der Waals surface area contributed by atoms with Crippen LogP contribution in [-0.2, 0) is 9.59 Å². The summed E-state index contributed by atoms with van der Waals surface area (Å²) in [4.78, 5) is 24.1. The Bertz CT molecular complexity index is 272. The van der Waals surface area contributed by atoms with Crippen molar-refractivity contribution in [2.24, 2.45) is 11.1 Å². The summed E-state index contributed by atoms with van der Waals surface area (Å²) in [7, 11) is 1.48. The Kier molecular flexibility index (Phi) is 3.88. The number of carboxylic acid groups (broad SMARTS) is 1. The van der Waals surface area contributed by atoms with E-state index < -0.39 is 16.9 Å². The van der Waals surface area contributed by atoms with Gasteiger partial charge in [-0.05, 0) is 27.7 Å². The first-order valence-corrected chi connectivity index (χ1v) is 4.79. The predicted molar refractivity (Wildman–Crippen MR) is 57.3 cm³/mol. The Morgan fingerprint density at radius 3 is 1.93 bits per heavy atom. The van der Waals surface area contributed by atoms with Crippen molar-refractivity contribution >= 4 is 11.9 Å². The summed E-state index contributed by atoms with van der Waals surface area (Å²) in [5.74, 6) is -1.30. The number of amides is 1. The van der Waals surface area contributed by atoms with Crippen LogP contribution in [0.2, 0.25) is 0 Å². The highest BCUT2D eigenvalue weighted by molar-refractivity contribution is 5.89. The third kappa shape index (κ3) is 2.68. The molecule has 0 heterocycles. The average Bonchev–Trinajstić information content (AvgIpc) is 2.15. The van der Waals surface area contributed by atoms with E-state index in [1.807, 2.05) is 0 Å². The standard InChI is InChI=1S/C10H20N2O3/c1-9(2,6-11)7(13)12(5)10(3,4)8(14)15/h6,11H2,1-5H3,(H,14,15). The van der Waals surface area contributed by atoms with Crippen LogP contribution < -0.4 is 5.73 Å². The van der Waals surface area contributed by atoms with Crippen molar-refractivity contribution < 1.29 is 14.7 Å². The molecule has 0 bridgehead atoms. The van der Waals surface area contributed by atoms with Crippen LogP contribution in [0.5, 0.6) is 0 Å². The molecule has 15 heavy (non-hydrogen) atoms. The maximum atomic E-state index is 11.9. The van der Waals surface area contributed by atoms with Crippen molar-refractivity contribution in [3.8, 4) is 0 Å². The number of likely N-dealkylation sites (N-methyl/N-ethyl adjacent to an activating group) is 1. The number of nitrogens with zero attached hydrogens (tertiary/aromatic N) is 1. The Balaban J connectivity index is 4.96. The molecule has 0 aromatic rings. The second-order valence-electron chi connectivity index (χ2n) is 4.82. The molecular weight excluding hydrogens is 196 g/mol. The third-order valence-corrected chi connectivity index (χ3v) is 2.76. The molecule has 0 atom stereocenters. The Hall–Kier alpha value is -1.10. The Morgan fingerprint density at radius 1 is 1.27 bits per heavy atom. The fourth-order valence-electron chi connectivity index (χ4n) is 0.939. The van der Waals surface area contributed by atoms with E-state index in [1.165, 1.54) is 25.8 Å². The zero-order valence-electron chi connectivity index (χ0n) is 10.00. The summed E-state index contributed by atoms with van der Waals surface area (Å²) >= 11 is 0. The number of rotatable bonds is 4. The second-order valence-corrected chi connectivity index (χ2v) is 4.82. The third-order valence-electron chi connectivity index (χ3n) is 2.76. The van der Waals surface area contributed by atoms with Crippen molar-refractivity contribution in [1.82, 2.24) is 4.90 Å². The van der Waals surface area contributed by atoms with Crippen LogP contribution >= 0.6 is 0 Å². The van der Waals surface area contributed by atoms with Crippen LogP contribution in [0.1, 0.15) is 27.7 Å². The van der Waals surface area contributed by atoms with E-state index in [9.17, 15) is 9.59 Å². The lowest BCUT2D eigenvalue weighted by Gasteiger charge is -2.36. The van der Waals surface area contributed by atoms with Gasteiger partial charge in [0, 0.05) is 13.6 Å². The van der Waals surface area contributed by atoms with Gasteiger partial charge < -0.3 is 15.7 Å². The fourth-order valence-corrected chi connectivity index (χ4v) is 0.939. The van der Waals surface area contributed by atoms with Gasteiger partial charge in [0.15, 0.2) is 0 Å². The quantitative estimate of drug-likeness (QED) is 0.707. The van der Waals surface area contributed by atoms with Crippen molar-refractivity contribution in [1.29, 1.82) is 0 Å². The lowest BCUT2D eigenvalue weighted by Crippen LogP contribution is -2.55. The SMILES string of the molecule is CN(C(=O)C(C)(C)CN)C(C)(C)C(=O)O. The van der Waals surface area contributed by atoms with E-state index in [-0.39, 0.29) is 12.5 Å². The lowest BCUT2D eigenvalue weighted by atomic mass is 9.89. The number of hydrogen-bond acceptors (Lipinski definition) is 3. The van der Waals surface area contributed by atoms with Crippen LogP contribution in [0.4, 0.5) is 0 Å². The zero-order chi connectivity index (χ0) is 12.4. The highest BCUT2D eigenvalue weighted by Crippen LogP contribution is 2.22. The maximum Gasteiger partial charge on any atom is 0.329 e. The van der Waals surface area contributed by atoms with E-state index in [1.54, 1.807) is 13.8 Å². The predicted octanol–water partition coefficient (Wildman–Crippen LogP) is 0.293. The summed E-state index contributed by atoms with van der Waals surface area (Å²) in [5, 5.41) is 8.97. The monoisotopic (exact) mass is 216 g/mol. The molecule has 0 radical (unpaired) electrons. The average molecular weight is 216 g/mol. The van der Waals surface area contributed by atoms with Gasteiger partial charge in [-0.15, -0.1) is 0 Å². The molecule has 0 rings (SSSR count). The van der Waals surface area contributed by atoms with Gasteiger partial charge in [-0.25, -0.2) is 4.79 Å². The number of nitrogens with two attached hydrogens (primary N) is 1. The van der Waals surface area contributed by atoms with Gasteiger partial charge in [-0.1, -0.05) is 0 Å². The molecule has 1 amide bonds. The smallest absolute Gasteiger partial charge is 0.329 e. The first-order valence-electron chi connectivity index (χ1n) is 4.79. The summed E-state index contributed by atoms with van der Waals surface area (Å²) in [6, 6.07) is 0. The number of carbonyl (C=O) groups excluding carboxylic acids is 1. The molecule has 5 heteroatoms. The molecule has 0 aliphatic heterocycles. The molecule has 88 valence electrons. The molecule has 0 fully saturated rings. The first kappa shape index (κ1) is 13.9. The summed E-state index contributed by atoms with van der Waals surface area (Å²) in [6.45, 7) is 6.55. The van der Waals surface area contributed by atoms with Gasteiger partial charge in [0.25, 0.3) is 0 Å². The highest BCUT2D eigenvalue weighted by atomic mass is 16.4. The van der Waals surface area contributed by atoms with Crippen LogP contribution in [0.3, 0.4) is 0 Å². The topological polar surface area (TPSA) is 83.6 Å². The minimum atomic E-state index is -1.22. The number of aliphatic carboxylic acids is 1. The number of carboxylic acids is 1. The van der Waals surface area contributed by atoms with E-state index >= 15 is 0 Å². The van der Waals surface area contributed by atoms with Crippen LogP contribution in [0, 0.1) is 5.41 Å². The molecular formula is C10H20N2O3. The van der Waals surface area contributed by atoms with Gasteiger partial charge in [0.1, 0.15) is 5.54 Å². The molecule has 0 spiro atoms. The van der Waals surface area contributed by atoms with Gasteiger partial charge in [-0.2, -0.15) is 0 Å². The minimum Gasteiger partial charge on any atom is -0.480 e. The normalized spacial score (nSPS) is 12.4. The number of hydrogen-bond donors (Lipinski definition) is 2. The zero-order valence-corrected chi connectivity index (χ0v) is 10.00. The van der Waals surface area contributed by atoms with Gasteiger partial charge in [0.05, 0.1) is 5.41 Å². The van der Waals surface area contributed by atoms with E-state index in [0.717, 1.165) is 0 Å². The number of carbonyl (C=O) groups is 2.